The molecule has 1 aliphatic rings. The monoisotopic (exact) mass is 232 g/mol. The van der Waals surface area contributed by atoms with Gasteiger partial charge < -0.3 is 11.1 Å². The Balaban J connectivity index is 1.80. The van der Waals surface area contributed by atoms with Crippen molar-refractivity contribution < 1.29 is 0 Å². The molecule has 1 unspecified atom stereocenters. The van der Waals surface area contributed by atoms with Crippen LogP contribution in [0.4, 0.5) is 0 Å². The summed E-state index contributed by atoms with van der Waals surface area (Å²) in [5.74, 6) is 0. The minimum atomic E-state index is 0.139. The largest absolute Gasteiger partial charge is 0.329 e. The summed E-state index contributed by atoms with van der Waals surface area (Å²) in [4.78, 5) is 8.15. The van der Waals surface area contributed by atoms with Gasteiger partial charge in [-0.05, 0) is 38.3 Å². The minimum Gasteiger partial charge on any atom is -0.329 e. The molecule has 0 spiro atoms. The zero-order valence-electron chi connectivity index (χ0n) is 10.1. The van der Waals surface area contributed by atoms with Gasteiger partial charge in [0.2, 0.25) is 0 Å². The molecule has 2 rings (SSSR count). The van der Waals surface area contributed by atoms with Gasteiger partial charge in [-0.15, -0.1) is 0 Å². The van der Waals surface area contributed by atoms with E-state index in [4.69, 9.17) is 5.73 Å². The number of hydrogen-bond donors (Lipinski definition) is 2. The van der Waals surface area contributed by atoms with Crippen molar-refractivity contribution in [3.8, 4) is 0 Å². The maximum absolute atomic E-state index is 5.76. The zero-order chi connectivity index (χ0) is 11.9. The van der Waals surface area contributed by atoms with E-state index in [1.54, 1.807) is 18.1 Å². The average molecular weight is 232 g/mol. The van der Waals surface area contributed by atoms with Crippen LogP contribution < -0.4 is 11.1 Å². The molecule has 0 amide bonds. The van der Waals surface area contributed by atoms with Gasteiger partial charge in [-0.3, -0.25) is 0 Å². The van der Waals surface area contributed by atoms with Crippen LogP contribution in [0.3, 0.4) is 0 Å². The fourth-order valence-electron chi connectivity index (χ4n) is 2.19. The molecule has 1 atom stereocenters. The Bertz CT molecular complexity index is 361. The highest BCUT2D eigenvalue weighted by molar-refractivity contribution is 5.09. The standard InChI is InChI=1S/C13H20N4/c14-9-13(12-6-7-15-10-17-12)16-8-5-11-3-1-2-4-11/h3,6-7,10,13,16H,1-2,4-5,8-9,14H2. The van der Waals surface area contributed by atoms with Crippen LogP contribution in [0, 0.1) is 0 Å². The lowest BCUT2D eigenvalue weighted by molar-refractivity contribution is 0.529. The molecule has 1 heterocycles. The van der Waals surface area contributed by atoms with Gasteiger partial charge in [-0.1, -0.05) is 11.6 Å². The Morgan fingerprint density at radius 3 is 3.06 bits per heavy atom. The molecule has 1 aromatic rings. The van der Waals surface area contributed by atoms with Crippen molar-refractivity contribution in [3.05, 3.63) is 35.9 Å². The van der Waals surface area contributed by atoms with Crippen LogP contribution in [-0.4, -0.2) is 23.1 Å². The SMILES string of the molecule is NCC(NCCC1=CCCC1)c1ccncn1. The van der Waals surface area contributed by atoms with Crippen LogP contribution in [0.15, 0.2) is 30.2 Å². The van der Waals surface area contributed by atoms with Gasteiger partial charge >= 0.3 is 0 Å². The molecule has 0 fully saturated rings. The first kappa shape index (κ1) is 12.2. The lowest BCUT2D eigenvalue weighted by atomic mass is 10.1. The van der Waals surface area contributed by atoms with Crippen LogP contribution in [0.5, 0.6) is 0 Å². The van der Waals surface area contributed by atoms with Crippen LogP contribution in [0.2, 0.25) is 0 Å². The van der Waals surface area contributed by atoms with Gasteiger partial charge in [0.05, 0.1) is 11.7 Å². The number of nitrogens with zero attached hydrogens (tertiary/aromatic N) is 2. The number of rotatable bonds is 6. The molecule has 4 heteroatoms. The second-order valence-corrected chi connectivity index (χ2v) is 4.38. The normalized spacial score (nSPS) is 16.9. The molecule has 1 aromatic heterocycles. The number of hydrogen-bond acceptors (Lipinski definition) is 4. The summed E-state index contributed by atoms with van der Waals surface area (Å²) in [6.45, 7) is 1.54. The molecule has 17 heavy (non-hydrogen) atoms. The van der Waals surface area contributed by atoms with Crippen molar-refractivity contribution in [2.24, 2.45) is 5.73 Å². The third-order valence-electron chi connectivity index (χ3n) is 3.17. The maximum Gasteiger partial charge on any atom is 0.115 e. The molecular weight excluding hydrogens is 212 g/mol. The molecule has 0 saturated carbocycles. The zero-order valence-corrected chi connectivity index (χ0v) is 10.1. The molecule has 0 bridgehead atoms. The van der Waals surface area contributed by atoms with Crippen LogP contribution in [0.1, 0.15) is 37.4 Å². The molecule has 0 saturated heterocycles. The predicted octanol–water partition coefficient (Wildman–Crippen LogP) is 1.57. The van der Waals surface area contributed by atoms with Crippen molar-refractivity contribution in [3.63, 3.8) is 0 Å². The predicted molar refractivity (Wildman–Crippen MR) is 68.4 cm³/mol. The fourth-order valence-corrected chi connectivity index (χ4v) is 2.19. The minimum absolute atomic E-state index is 0.139. The Kier molecular flexibility index (Phi) is 4.64. The van der Waals surface area contributed by atoms with Crippen molar-refractivity contribution in [1.82, 2.24) is 15.3 Å². The van der Waals surface area contributed by atoms with Gasteiger partial charge in [-0.2, -0.15) is 0 Å². The third kappa shape index (κ3) is 3.61. The first-order valence-electron chi connectivity index (χ1n) is 6.27. The van der Waals surface area contributed by atoms with E-state index >= 15 is 0 Å². The molecule has 4 nitrogen and oxygen atoms in total. The summed E-state index contributed by atoms with van der Waals surface area (Å²) in [5, 5.41) is 3.46. The van der Waals surface area contributed by atoms with E-state index < -0.39 is 0 Å². The van der Waals surface area contributed by atoms with E-state index in [-0.39, 0.29) is 6.04 Å². The summed E-state index contributed by atoms with van der Waals surface area (Å²) in [6, 6.07) is 2.05. The maximum atomic E-state index is 5.76. The van der Waals surface area contributed by atoms with Gasteiger partial charge in [0, 0.05) is 12.7 Å². The first-order chi connectivity index (χ1) is 8.40. The van der Waals surface area contributed by atoms with E-state index in [1.165, 1.54) is 19.3 Å². The highest BCUT2D eigenvalue weighted by Crippen LogP contribution is 2.20. The Morgan fingerprint density at radius 1 is 1.47 bits per heavy atom. The molecule has 0 aliphatic heterocycles. The Labute approximate surface area is 102 Å². The lowest BCUT2D eigenvalue weighted by Crippen LogP contribution is -2.29. The van der Waals surface area contributed by atoms with Crippen LogP contribution in [0.25, 0.3) is 0 Å². The summed E-state index contributed by atoms with van der Waals surface area (Å²) < 4.78 is 0. The molecule has 0 aromatic carbocycles. The van der Waals surface area contributed by atoms with E-state index in [2.05, 4.69) is 21.4 Å². The van der Waals surface area contributed by atoms with Gasteiger partial charge in [-0.25, -0.2) is 9.97 Å². The van der Waals surface area contributed by atoms with Crippen LogP contribution in [-0.2, 0) is 0 Å². The van der Waals surface area contributed by atoms with Crippen molar-refractivity contribution in [2.45, 2.75) is 31.7 Å². The van der Waals surface area contributed by atoms with E-state index in [0.29, 0.717) is 6.54 Å². The van der Waals surface area contributed by atoms with E-state index in [1.807, 2.05) is 6.07 Å². The first-order valence-corrected chi connectivity index (χ1v) is 6.27. The van der Waals surface area contributed by atoms with Crippen LogP contribution >= 0.6 is 0 Å². The molecular formula is C13H20N4. The topological polar surface area (TPSA) is 63.8 Å². The summed E-state index contributed by atoms with van der Waals surface area (Å²) in [6.07, 6.45) is 10.7. The van der Waals surface area contributed by atoms with Crippen molar-refractivity contribution in [1.29, 1.82) is 0 Å². The van der Waals surface area contributed by atoms with E-state index in [9.17, 15) is 0 Å². The van der Waals surface area contributed by atoms with Crippen molar-refractivity contribution in [2.75, 3.05) is 13.1 Å². The number of nitrogens with one attached hydrogen (secondary N) is 1. The molecule has 3 N–H and O–H groups in total. The number of nitrogens with two attached hydrogens (primary N) is 1. The average Bonchev–Trinajstić information content (AvgIpc) is 2.89. The highest BCUT2D eigenvalue weighted by Gasteiger charge is 2.10. The Hall–Kier alpha value is -1.26. The summed E-state index contributed by atoms with van der Waals surface area (Å²) in [7, 11) is 0. The summed E-state index contributed by atoms with van der Waals surface area (Å²) in [5.41, 5.74) is 8.32. The highest BCUT2D eigenvalue weighted by atomic mass is 15.0. The quantitative estimate of drug-likeness (QED) is 0.731. The number of aromatic nitrogens is 2. The van der Waals surface area contributed by atoms with Gasteiger partial charge in [0.25, 0.3) is 0 Å². The van der Waals surface area contributed by atoms with E-state index in [0.717, 1.165) is 18.7 Å². The van der Waals surface area contributed by atoms with Gasteiger partial charge in [0.15, 0.2) is 0 Å². The fraction of sp³-hybridized carbons (Fsp3) is 0.538. The smallest absolute Gasteiger partial charge is 0.115 e. The van der Waals surface area contributed by atoms with Gasteiger partial charge in [0.1, 0.15) is 6.33 Å². The number of allylic oxidation sites excluding steroid dienone is 1. The summed E-state index contributed by atoms with van der Waals surface area (Å²) >= 11 is 0. The molecule has 1 aliphatic carbocycles. The molecule has 0 radical (unpaired) electrons. The second-order valence-electron chi connectivity index (χ2n) is 4.38. The molecule has 92 valence electrons. The Morgan fingerprint density at radius 2 is 2.41 bits per heavy atom. The van der Waals surface area contributed by atoms with Crippen molar-refractivity contribution >= 4 is 0 Å². The lowest BCUT2D eigenvalue weighted by Gasteiger charge is -2.16. The second kappa shape index (κ2) is 6.47. The third-order valence-corrected chi connectivity index (χ3v) is 3.17.